The number of nitrogens with zero attached hydrogens (tertiary/aromatic N) is 2. The van der Waals surface area contributed by atoms with Crippen LogP contribution in [0.4, 0.5) is 0 Å². The highest BCUT2D eigenvalue weighted by Gasteiger charge is 2.22. The van der Waals surface area contributed by atoms with Crippen molar-refractivity contribution in [2.45, 2.75) is 6.42 Å². The van der Waals surface area contributed by atoms with Gasteiger partial charge in [0.05, 0.1) is 20.3 Å². The summed E-state index contributed by atoms with van der Waals surface area (Å²) in [4.78, 5) is 17.0. The number of ether oxygens (including phenoxy) is 2. The first kappa shape index (κ1) is 20.8. The third kappa shape index (κ3) is 5.19. The Hall–Kier alpha value is -2.41. The average molecular weight is 425 g/mol. The van der Waals surface area contributed by atoms with E-state index >= 15 is 0 Å². The maximum absolute atomic E-state index is 12.7. The summed E-state index contributed by atoms with van der Waals surface area (Å²) in [7, 11) is 1.62. The SMILES string of the molecule is COc1cccc(C(=O)N2CCN(CCOCCc3ccc4sccc4c3)CC2)c1. The first-order valence-corrected chi connectivity index (χ1v) is 11.3. The van der Waals surface area contributed by atoms with Crippen LogP contribution in [0.25, 0.3) is 10.1 Å². The Bertz CT molecular complexity index is 979. The fourth-order valence-electron chi connectivity index (χ4n) is 3.77. The number of carbonyl (C=O) groups is 1. The first-order valence-electron chi connectivity index (χ1n) is 10.4. The molecular formula is C24H28N2O3S. The molecule has 0 saturated carbocycles. The summed E-state index contributed by atoms with van der Waals surface area (Å²) >= 11 is 1.78. The number of fused-ring (bicyclic) bond motifs is 1. The van der Waals surface area contributed by atoms with Crippen LogP contribution in [0.1, 0.15) is 15.9 Å². The van der Waals surface area contributed by atoms with E-state index in [1.807, 2.05) is 23.1 Å². The third-order valence-corrected chi connectivity index (χ3v) is 6.48. The van der Waals surface area contributed by atoms with E-state index in [0.717, 1.165) is 52.4 Å². The number of hydrogen-bond acceptors (Lipinski definition) is 5. The lowest BCUT2D eigenvalue weighted by Gasteiger charge is -2.34. The van der Waals surface area contributed by atoms with Crippen molar-refractivity contribution in [3.63, 3.8) is 0 Å². The summed E-state index contributed by atoms with van der Waals surface area (Å²) < 4.78 is 12.4. The minimum absolute atomic E-state index is 0.0763. The summed E-state index contributed by atoms with van der Waals surface area (Å²) in [5.41, 5.74) is 2.01. The van der Waals surface area contributed by atoms with Crippen LogP contribution in [0, 0.1) is 0 Å². The Morgan fingerprint density at radius 3 is 2.73 bits per heavy atom. The molecule has 2 heterocycles. The van der Waals surface area contributed by atoms with Gasteiger partial charge in [-0.25, -0.2) is 0 Å². The van der Waals surface area contributed by atoms with Crippen molar-refractivity contribution in [3.05, 3.63) is 65.0 Å². The summed E-state index contributed by atoms with van der Waals surface area (Å²) in [6.45, 7) is 5.63. The van der Waals surface area contributed by atoms with Crippen LogP contribution in [0.5, 0.6) is 5.75 Å². The molecule has 5 nitrogen and oxygen atoms in total. The Labute approximate surface area is 181 Å². The second-order valence-corrected chi connectivity index (χ2v) is 8.47. The topological polar surface area (TPSA) is 42.0 Å². The van der Waals surface area contributed by atoms with Crippen LogP contribution in [-0.4, -0.2) is 68.8 Å². The number of carbonyl (C=O) groups excluding carboxylic acids is 1. The zero-order valence-electron chi connectivity index (χ0n) is 17.4. The molecule has 1 saturated heterocycles. The molecule has 0 unspecified atom stereocenters. The maximum Gasteiger partial charge on any atom is 0.254 e. The molecule has 3 aromatic rings. The van der Waals surface area contributed by atoms with Gasteiger partial charge in [-0.3, -0.25) is 9.69 Å². The van der Waals surface area contributed by atoms with E-state index in [4.69, 9.17) is 9.47 Å². The van der Waals surface area contributed by atoms with E-state index in [1.54, 1.807) is 24.5 Å². The molecule has 0 bridgehead atoms. The molecule has 0 radical (unpaired) electrons. The highest BCUT2D eigenvalue weighted by molar-refractivity contribution is 7.17. The van der Waals surface area contributed by atoms with Crippen LogP contribution < -0.4 is 4.74 Å². The van der Waals surface area contributed by atoms with Crippen molar-refractivity contribution in [2.75, 3.05) is 53.0 Å². The zero-order valence-corrected chi connectivity index (χ0v) is 18.2. The Kier molecular flexibility index (Phi) is 7.00. The molecule has 1 amide bonds. The van der Waals surface area contributed by atoms with Crippen molar-refractivity contribution in [3.8, 4) is 5.75 Å². The lowest BCUT2D eigenvalue weighted by Crippen LogP contribution is -2.49. The maximum atomic E-state index is 12.7. The van der Waals surface area contributed by atoms with Crippen LogP contribution in [0.3, 0.4) is 0 Å². The standard InChI is InChI=1S/C24H28N2O3S/c1-28-22-4-2-3-21(18-22)24(27)26-11-9-25(10-12-26)13-15-29-14-7-19-5-6-23-20(17-19)8-16-30-23/h2-6,8,16-18H,7,9-15H2,1H3. The molecule has 30 heavy (non-hydrogen) atoms. The second-order valence-electron chi connectivity index (χ2n) is 7.52. The van der Waals surface area contributed by atoms with E-state index in [2.05, 4.69) is 34.5 Å². The van der Waals surface area contributed by atoms with Crippen molar-refractivity contribution >= 4 is 27.3 Å². The van der Waals surface area contributed by atoms with Crippen LogP contribution in [0.2, 0.25) is 0 Å². The second kappa shape index (κ2) is 10.1. The van der Waals surface area contributed by atoms with E-state index in [0.29, 0.717) is 11.3 Å². The van der Waals surface area contributed by atoms with Crippen molar-refractivity contribution in [1.82, 2.24) is 9.80 Å². The predicted octanol–water partition coefficient (Wildman–Crippen LogP) is 3.93. The van der Waals surface area contributed by atoms with Crippen molar-refractivity contribution < 1.29 is 14.3 Å². The molecule has 0 aliphatic carbocycles. The Morgan fingerprint density at radius 2 is 1.90 bits per heavy atom. The Balaban J connectivity index is 1.15. The highest BCUT2D eigenvalue weighted by atomic mass is 32.1. The molecular weight excluding hydrogens is 396 g/mol. The first-order chi connectivity index (χ1) is 14.7. The number of rotatable bonds is 8. The lowest BCUT2D eigenvalue weighted by molar-refractivity contribution is 0.0555. The number of thiophene rings is 1. The van der Waals surface area contributed by atoms with Gasteiger partial charge in [0.25, 0.3) is 5.91 Å². The van der Waals surface area contributed by atoms with Gasteiger partial charge in [0, 0.05) is 43.0 Å². The molecule has 1 aliphatic heterocycles. The lowest BCUT2D eigenvalue weighted by atomic mass is 10.1. The molecule has 158 valence electrons. The van der Waals surface area contributed by atoms with Gasteiger partial charge in [0.15, 0.2) is 0 Å². The summed E-state index contributed by atoms with van der Waals surface area (Å²) in [6, 6.07) is 16.2. The molecule has 0 N–H and O–H groups in total. The molecule has 1 aliphatic rings. The number of benzene rings is 2. The van der Waals surface area contributed by atoms with Gasteiger partial charge in [0.2, 0.25) is 0 Å². The summed E-state index contributed by atoms with van der Waals surface area (Å²) in [5, 5.41) is 3.45. The van der Waals surface area contributed by atoms with Gasteiger partial charge in [-0.05, 0) is 53.1 Å². The molecule has 2 aromatic carbocycles. The fraction of sp³-hybridized carbons (Fsp3) is 0.375. The van der Waals surface area contributed by atoms with Gasteiger partial charge in [-0.15, -0.1) is 11.3 Å². The van der Waals surface area contributed by atoms with Crippen molar-refractivity contribution in [1.29, 1.82) is 0 Å². The van der Waals surface area contributed by atoms with Gasteiger partial charge >= 0.3 is 0 Å². The fourth-order valence-corrected chi connectivity index (χ4v) is 4.54. The number of amides is 1. The van der Waals surface area contributed by atoms with E-state index in [9.17, 15) is 4.79 Å². The summed E-state index contributed by atoms with van der Waals surface area (Å²) in [5.74, 6) is 0.791. The van der Waals surface area contributed by atoms with Crippen LogP contribution in [0.15, 0.2) is 53.9 Å². The Morgan fingerprint density at radius 1 is 1.03 bits per heavy atom. The van der Waals surface area contributed by atoms with Crippen LogP contribution >= 0.6 is 11.3 Å². The number of piperazine rings is 1. The minimum Gasteiger partial charge on any atom is -0.497 e. The normalized spacial score (nSPS) is 14.9. The molecule has 0 spiro atoms. The average Bonchev–Trinajstić information content (AvgIpc) is 3.27. The van der Waals surface area contributed by atoms with E-state index in [-0.39, 0.29) is 5.91 Å². The van der Waals surface area contributed by atoms with Crippen molar-refractivity contribution in [2.24, 2.45) is 0 Å². The van der Waals surface area contributed by atoms with Gasteiger partial charge in [0.1, 0.15) is 5.75 Å². The predicted molar refractivity (Wildman–Crippen MR) is 122 cm³/mol. The summed E-state index contributed by atoms with van der Waals surface area (Å²) in [6.07, 6.45) is 0.939. The monoisotopic (exact) mass is 424 g/mol. The highest BCUT2D eigenvalue weighted by Crippen LogP contribution is 2.22. The van der Waals surface area contributed by atoms with E-state index < -0.39 is 0 Å². The van der Waals surface area contributed by atoms with E-state index in [1.165, 1.54) is 15.6 Å². The number of hydrogen-bond donors (Lipinski definition) is 0. The van der Waals surface area contributed by atoms with Gasteiger partial charge in [-0.2, -0.15) is 0 Å². The zero-order chi connectivity index (χ0) is 20.8. The largest absolute Gasteiger partial charge is 0.497 e. The molecule has 1 aromatic heterocycles. The van der Waals surface area contributed by atoms with Crippen LogP contribution in [-0.2, 0) is 11.2 Å². The van der Waals surface area contributed by atoms with Gasteiger partial charge in [-0.1, -0.05) is 18.2 Å². The molecule has 6 heteroatoms. The smallest absolute Gasteiger partial charge is 0.254 e. The molecule has 4 rings (SSSR count). The molecule has 0 atom stereocenters. The minimum atomic E-state index is 0.0763. The van der Waals surface area contributed by atoms with Gasteiger partial charge < -0.3 is 14.4 Å². The molecule has 1 fully saturated rings. The quantitative estimate of drug-likeness (QED) is 0.514. The number of methoxy groups -OCH3 is 1. The third-order valence-electron chi connectivity index (χ3n) is 5.58.